The van der Waals surface area contributed by atoms with Crippen LogP contribution in [0.5, 0.6) is 0 Å². The number of rotatable bonds is 1. The van der Waals surface area contributed by atoms with E-state index in [4.69, 9.17) is 9.15 Å². The lowest BCUT2D eigenvalue weighted by molar-refractivity contribution is 0.0847. The highest BCUT2D eigenvalue weighted by Crippen LogP contribution is 2.47. The Labute approximate surface area is 113 Å². The molecular formula is C14H21N3O2. The minimum absolute atomic E-state index is 0.0804. The monoisotopic (exact) mass is 263 g/mol. The molecule has 4 heterocycles. The summed E-state index contributed by atoms with van der Waals surface area (Å²) in [6.45, 7) is 8.31. The molecule has 104 valence electrons. The van der Waals surface area contributed by atoms with E-state index in [-0.39, 0.29) is 5.41 Å². The van der Waals surface area contributed by atoms with Crippen LogP contribution in [0.2, 0.25) is 0 Å². The maximum atomic E-state index is 5.99. The third-order valence-electron chi connectivity index (χ3n) is 4.78. The second kappa shape index (κ2) is 3.72. The van der Waals surface area contributed by atoms with Crippen LogP contribution in [0.3, 0.4) is 0 Å². The van der Waals surface area contributed by atoms with E-state index in [1.165, 1.54) is 12.8 Å². The van der Waals surface area contributed by atoms with Crippen LogP contribution in [0.25, 0.3) is 0 Å². The number of hydrogen-bond acceptors (Lipinski definition) is 5. The zero-order valence-corrected chi connectivity index (χ0v) is 11.8. The maximum Gasteiger partial charge on any atom is 0.318 e. The number of nitrogens with zero attached hydrogens (tertiary/aromatic N) is 3. The van der Waals surface area contributed by atoms with Crippen LogP contribution in [-0.4, -0.2) is 35.5 Å². The molecule has 5 nitrogen and oxygen atoms in total. The summed E-state index contributed by atoms with van der Waals surface area (Å²) in [5.74, 6) is 2.06. The predicted octanol–water partition coefficient (Wildman–Crippen LogP) is 1.98. The van der Waals surface area contributed by atoms with Gasteiger partial charge in [-0.25, -0.2) is 0 Å². The molecule has 0 aromatic carbocycles. The van der Waals surface area contributed by atoms with E-state index in [1.54, 1.807) is 0 Å². The van der Waals surface area contributed by atoms with Gasteiger partial charge in [0.25, 0.3) is 0 Å². The number of fused-ring (bicyclic) bond motifs is 5. The Bertz CT molecular complexity index is 475. The van der Waals surface area contributed by atoms with Crippen molar-refractivity contribution in [1.29, 1.82) is 0 Å². The van der Waals surface area contributed by atoms with E-state index in [0.717, 1.165) is 19.0 Å². The number of anilines is 1. The molecule has 3 aliphatic heterocycles. The van der Waals surface area contributed by atoms with Crippen molar-refractivity contribution in [1.82, 2.24) is 10.2 Å². The first-order valence-electron chi connectivity index (χ1n) is 7.27. The maximum absolute atomic E-state index is 5.99. The summed E-state index contributed by atoms with van der Waals surface area (Å²) in [6.07, 6.45) is 3.42. The lowest BCUT2D eigenvalue weighted by Crippen LogP contribution is -2.24. The lowest BCUT2D eigenvalue weighted by atomic mass is 9.82. The predicted molar refractivity (Wildman–Crippen MR) is 70.1 cm³/mol. The van der Waals surface area contributed by atoms with E-state index in [2.05, 4.69) is 35.9 Å². The largest absolute Gasteiger partial charge is 0.407 e. The minimum atomic E-state index is -0.0804. The molecule has 19 heavy (non-hydrogen) atoms. The van der Waals surface area contributed by atoms with E-state index >= 15 is 0 Å². The molecule has 0 saturated carbocycles. The normalized spacial score (nSPS) is 37.1. The summed E-state index contributed by atoms with van der Waals surface area (Å²) >= 11 is 0. The van der Waals surface area contributed by atoms with E-state index in [9.17, 15) is 0 Å². The Kier molecular flexibility index (Phi) is 2.29. The van der Waals surface area contributed by atoms with Crippen molar-refractivity contribution in [3.05, 3.63) is 5.89 Å². The standard InChI is InChI=1S/C14H21N3O2/c1-14(2,3)12-15-16-13(19-12)17-6-8-9(7-17)11-5-4-10(8)18-11/h8-11H,4-7H2,1-3H3/t8-,9+,10+,11-. The molecule has 1 aromatic heterocycles. The smallest absolute Gasteiger partial charge is 0.318 e. The van der Waals surface area contributed by atoms with Crippen molar-refractivity contribution in [3.8, 4) is 0 Å². The molecule has 3 fully saturated rings. The Morgan fingerprint density at radius 3 is 2.21 bits per heavy atom. The average Bonchev–Trinajstić information content (AvgIpc) is 3.10. The van der Waals surface area contributed by atoms with Crippen LogP contribution >= 0.6 is 0 Å². The van der Waals surface area contributed by atoms with Gasteiger partial charge in [0.15, 0.2) is 0 Å². The third kappa shape index (κ3) is 1.71. The Morgan fingerprint density at radius 1 is 1.05 bits per heavy atom. The van der Waals surface area contributed by atoms with Crippen molar-refractivity contribution in [2.75, 3.05) is 18.0 Å². The van der Waals surface area contributed by atoms with Gasteiger partial charge in [-0.15, -0.1) is 5.10 Å². The molecule has 4 atom stereocenters. The SMILES string of the molecule is CC(C)(C)c1nnc(N2C[C@@H]3[C@H](C2)[C@H]2CC[C@@H]3O2)o1. The number of aromatic nitrogens is 2. The van der Waals surface area contributed by atoms with E-state index < -0.39 is 0 Å². The van der Waals surface area contributed by atoms with Crippen molar-refractivity contribution in [2.45, 2.75) is 51.2 Å². The fourth-order valence-corrected chi connectivity index (χ4v) is 3.76. The Morgan fingerprint density at radius 2 is 1.68 bits per heavy atom. The second-order valence-corrected chi connectivity index (χ2v) is 7.16. The third-order valence-corrected chi connectivity index (χ3v) is 4.78. The summed E-state index contributed by atoms with van der Waals surface area (Å²) in [7, 11) is 0. The van der Waals surface area contributed by atoms with Gasteiger partial charge in [-0.05, 0) is 12.8 Å². The average molecular weight is 263 g/mol. The summed E-state index contributed by atoms with van der Waals surface area (Å²) in [4.78, 5) is 2.26. The zero-order valence-electron chi connectivity index (χ0n) is 11.8. The highest BCUT2D eigenvalue weighted by atomic mass is 16.5. The van der Waals surface area contributed by atoms with Gasteiger partial charge in [0.2, 0.25) is 5.89 Å². The first-order valence-corrected chi connectivity index (χ1v) is 7.27. The van der Waals surface area contributed by atoms with Crippen LogP contribution in [0.1, 0.15) is 39.5 Å². The van der Waals surface area contributed by atoms with Crippen molar-refractivity contribution >= 4 is 6.01 Å². The molecule has 1 aromatic rings. The molecule has 3 saturated heterocycles. The summed E-state index contributed by atoms with van der Waals surface area (Å²) in [5.41, 5.74) is -0.0804. The van der Waals surface area contributed by atoms with Gasteiger partial charge in [-0.3, -0.25) is 0 Å². The van der Waals surface area contributed by atoms with Gasteiger partial charge in [0, 0.05) is 30.3 Å². The van der Waals surface area contributed by atoms with Crippen molar-refractivity contribution in [2.24, 2.45) is 11.8 Å². The number of hydrogen-bond donors (Lipinski definition) is 0. The first-order chi connectivity index (χ1) is 9.02. The first kappa shape index (κ1) is 11.7. The van der Waals surface area contributed by atoms with Gasteiger partial charge in [-0.2, -0.15) is 0 Å². The molecular weight excluding hydrogens is 242 g/mol. The molecule has 0 radical (unpaired) electrons. The molecule has 4 rings (SSSR count). The number of ether oxygens (including phenoxy) is 1. The van der Waals surface area contributed by atoms with Crippen LogP contribution in [0.15, 0.2) is 4.42 Å². The molecule has 0 amide bonds. The van der Waals surface area contributed by atoms with Gasteiger partial charge < -0.3 is 14.1 Å². The molecule has 0 aliphatic carbocycles. The highest BCUT2D eigenvalue weighted by Gasteiger charge is 2.53. The Balaban J connectivity index is 1.54. The molecule has 3 aliphatic rings. The molecule has 2 bridgehead atoms. The molecule has 0 unspecified atom stereocenters. The quantitative estimate of drug-likeness (QED) is 0.775. The van der Waals surface area contributed by atoms with Crippen LogP contribution in [0, 0.1) is 11.8 Å². The molecule has 5 heteroatoms. The van der Waals surface area contributed by atoms with Gasteiger partial charge in [0.05, 0.1) is 12.2 Å². The van der Waals surface area contributed by atoms with Gasteiger partial charge in [0.1, 0.15) is 0 Å². The molecule has 0 spiro atoms. The Hall–Kier alpha value is -1.10. The fourth-order valence-electron chi connectivity index (χ4n) is 3.76. The van der Waals surface area contributed by atoms with Crippen LogP contribution in [-0.2, 0) is 10.2 Å². The summed E-state index contributed by atoms with van der Waals surface area (Å²) < 4.78 is 11.8. The van der Waals surface area contributed by atoms with Gasteiger partial charge >= 0.3 is 6.01 Å². The fraction of sp³-hybridized carbons (Fsp3) is 0.857. The summed E-state index contributed by atoms with van der Waals surface area (Å²) in [5, 5.41) is 8.42. The van der Waals surface area contributed by atoms with E-state index in [0.29, 0.717) is 30.1 Å². The lowest BCUT2D eigenvalue weighted by Gasteiger charge is -2.17. The van der Waals surface area contributed by atoms with Crippen LogP contribution in [0.4, 0.5) is 6.01 Å². The topological polar surface area (TPSA) is 51.4 Å². The zero-order chi connectivity index (χ0) is 13.2. The van der Waals surface area contributed by atoms with E-state index in [1.807, 2.05) is 0 Å². The van der Waals surface area contributed by atoms with Crippen molar-refractivity contribution in [3.63, 3.8) is 0 Å². The van der Waals surface area contributed by atoms with Gasteiger partial charge in [-0.1, -0.05) is 25.9 Å². The van der Waals surface area contributed by atoms with Crippen LogP contribution < -0.4 is 4.90 Å². The minimum Gasteiger partial charge on any atom is -0.407 e. The summed E-state index contributed by atoms with van der Waals surface area (Å²) in [6, 6.07) is 0.693. The molecule has 0 N–H and O–H groups in total. The highest BCUT2D eigenvalue weighted by molar-refractivity contribution is 5.30. The van der Waals surface area contributed by atoms with Crippen molar-refractivity contribution < 1.29 is 9.15 Å². The second-order valence-electron chi connectivity index (χ2n) is 7.16.